The van der Waals surface area contributed by atoms with Crippen molar-refractivity contribution >= 4 is 17.5 Å². The van der Waals surface area contributed by atoms with Crippen molar-refractivity contribution in [3.05, 3.63) is 70.7 Å². The van der Waals surface area contributed by atoms with Crippen molar-refractivity contribution in [2.45, 2.75) is 32.0 Å². The summed E-state index contributed by atoms with van der Waals surface area (Å²) in [7, 11) is 1.87. The normalized spacial score (nSPS) is 16.4. The number of hydrogen-bond acceptors (Lipinski definition) is 4. The van der Waals surface area contributed by atoms with E-state index in [9.17, 15) is 4.79 Å². The zero-order valence-electron chi connectivity index (χ0n) is 17.8. The van der Waals surface area contributed by atoms with Gasteiger partial charge >= 0.3 is 0 Å². The van der Waals surface area contributed by atoms with Crippen LogP contribution in [0.1, 0.15) is 24.0 Å². The predicted molar refractivity (Wildman–Crippen MR) is 123 cm³/mol. The van der Waals surface area contributed by atoms with Gasteiger partial charge in [0.15, 0.2) is 0 Å². The maximum Gasteiger partial charge on any atom is 0.240 e. The number of likely N-dealkylation sites (N-methyl/N-ethyl adjacent to an activating group) is 1. The number of nitrogens with zero attached hydrogens (tertiary/aromatic N) is 2. The Hall–Kier alpha value is -1.92. The summed E-state index contributed by atoms with van der Waals surface area (Å²) in [6.07, 6.45) is 2.23. The van der Waals surface area contributed by atoms with E-state index in [0.29, 0.717) is 19.0 Å². The second-order valence-electron chi connectivity index (χ2n) is 8.25. The summed E-state index contributed by atoms with van der Waals surface area (Å²) in [6, 6.07) is 17.7. The molecule has 0 aromatic heterocycles. The quantitative estimate of drug-likeness (QED) is 0.644. The Morgan fingerprint density at radius 2 is 1.83 bits per heavy atom. The average molecular weight is 429 g/mol. The monoisotopic (exact) mass is 428 g/mol. The maximum absolute atomic E-state index is 12.7. The molecule has 5 nitrogen and oxygen atoms in total. The van der Waals surface area contributed by atoms with Crippen LogP contribution in [0.5, 0.6) is 0 Å². The minimum Gasteiger partial charge on any atom is -0.344 e. The summed E-state index contributed by atoms with van der Waals surface area (Å²) >= 11 is 6.17. The Labute approximate surface area is 185 Å². The summed E-state index contributed by atoms with van der Waals surface area (Å²) in [5.41, 5.74) is 8.51. The van der Waals surface area contributed by atoms with Crippen molar-refractivity contribution in [3.8, 4) is 0 Å². The fraction of sp³-hybridized carbons (Fsp3) is 0.458. The molecule has 1 aliphatic rings. The van der Waals surface area contributed by atoms with Crippen LogP contribution in [-0.2, 0) is 17.9 Å². The minimum atomic E-state index is -0.546. The van der Waals surface area contributed by atoms with Gasteiger partial charge in [-0.05, 0) is 49.0 Å². The Balaban J connectivity index is 1.36. The molecule has 0 saturated carbocycles. The highest BCUT2D eigenvalue weighted by molar-refractivity contribution is 6.31. The van der Waals surface area contributed by atoms with E-state index >= 15 is 0 Å². The molecule has 0 aliphatic carbocycles. The van der Waals surface area contributed by atoms with Gasteiger partial charge in [0.05, 0.1) is 6.04 Å². The zero-order chi connectivity index (χ0) is 21.3. The van der Waals surface area contributed by atoms with Crippen molar-refractivity contribution in [2.24, 2.45) is 11.7 Å². The molecular weight excluding hydrogens is 396 g/mol. The number of carbonyl (C=O) groups excluding carboxylic acids is 1. The number of nitrogens with one attached hydrogen (secondary N) is 1. The molecule has 30 heavy (non-hydrogen) atoms. The predicted octanol–water partition coefficient (Wildman–Crippen LogP) is 3.13. The van der Waals surface area contributed by atoms with Gasteiger partial charge in [-0.3, -0.25) is 9.69 Å². The number of amides is 1. The smallest absolute Gasteiger partial charge is 0.240 e. The lowest BCUT2D eigenvalue weighted by atomic mass is 9.95. The SMILES string of the molecule is CN(CC1CCN(Cc2ccccc2)CC1)C(=O)C(N)CNCc1ccccc1Cl. The maximum atomic E-state index is 12.7. The molecule has 1 heterocycles. The summed E-state index contributed by atoms with van der Waals surface area (Å²) in [4.78, 5) is 17.0. The highest BCUT2D eigenvalue weighted by Gasteiger charge is 2.24. The zero-order valence-corrected chi connectivity index (χ0v) is 18.5. The van der Waals surface area contributed by atoms with Gasteiger partial charge in [0.2, 0.25) is 5.91 Å². The first kappa shape index (κ1) is 22.8. The fourth-order valence-electron chi connectivity index (χ4n) is 4.02. The molecule has 1 saturated heterocycles. The van der Waals surface area contributed by atoms with Gasteiger partial charge in [-0.25, -0.2) is 0 Å². The lowest BCUT2D eigenvalue weighted by Crippen LogP contribution is -2.49. The lowest BCUT2D eigenvalue weighted by molar-refractivity contribution is -0.132. The van der Waals surface area contributed by atoms with Crippen LogP contribution in [0.15, 0.2) is 54.6 Å². The van der Waals surface area contributed by atoms with E-state index in [1.54, 1.807) is 4.90 Å². The van der Waals surface area contributed by atoms with Crippen LogP contribution in [0.2, 0.25) is 5.02 Å². The van der Waals surface area contributed by atoms with Crippen molar-refractivity contribution in [1.29, 1.82) is 0 Å². The van der Waals surface area contributed by atoms with Crippen molar-refractivity contribution in [3.63, 3.8) is 0 Å². The highest BCUT2D eigenvalue weighted by Crippen LogP contribution is 2.20. The molecular formula is C24H33ClN4O. The Morgan fingerprint density at radius 3 is 2.53 bits per heavy atom. The molecule has 0 bridgehead atoms. The molecule has 162 valence electrons. The van der Waals surface area contributed by atoms with Gasteiger partial charge in [0.25, 0.3) is 0 Å². The topological polar surface area (TPSA) is 61.6 Å². The highest BCUT2D eigenvalue weighted by atomic mass is 35.5. The Morgan fingerprint density at radius 1 is 1.17 bits per heavy atom. The summed E-state index contributed by atoms with van der Waals surface area (Å²) in [5, 5.41) is 3.97. The number of rotatable bonds is 9. The number of benzene rings is 2. The third kappa shape index (κ3) is 6.81. The summed E-state index contributed by atoms with van der Waals surface area (Å²) in [6.45, 7) is 4.97. The molecule has 1 unspecified atom stereocenters. The summed E-state index contributed by atoms with van der Waals surface area (Å²) in [5.74, 6) is 0.530. The van der Waals surface area contributed by atoms with E-state index in [1.165, 1.54) is 5.56 Å². The third-order valence-corrected chi connectivity index (χ3v) is 6.19. The lowest BCUT2D eigenvalue weighted by Gasteiger charge is -2.34. The number of carbonyl (C=O) groups is 1. The molecule has 0 radical (unpaired) electrons. The van der Waals surface area contributed by atoms with Gasteiger partial charge in [-0.15, -0.1) is 0 Å². The van der Waals surface area contributed by atoms with Gasteiger partial charge < -0.3 is 16.0 Å². The number of hydrogen-bond donors (Lipinski definition) is 2. The summed E-state index contributed by atoms with van der Waals surface area (Å²) < 4.78 is 0. The van der Waals surface area contributed by atoms with Crippen LogP contribution in [0, 0.1) is 5.92 Å². The molecule has 2 aromatic rings. The molecule has 3 N–H and O–H groups in total. The Kier molecular flexibility index (Phi) is 8.70. The van der Waals surface area contributed by atoms with Gasteiger partial charge in [-0.1, -0.05) is 60.1 Å². The number of halogens is 1. The average Bonchev–Trinajstić information content (AvgIpc) is 2.76. The number of piperidine rings is 1. The van der Waals surface area contributed by atoms with E-state index in [4.69, 9.17) is 17.3 Å². The molecule has 0 spiro atoms. The van der Waals surface area contributed by atoms with Gasteiger partial charge in [-0.2, -0.15) is 0 Å². The first-order valence-corrected chi connectivity index (χ1v) is 11.1. The van der Waals surface area contributed by atoms with Gasteiger partial charge in [0, 0.05) is 38.2 Å². The molecule has 3 rings (SSSR count). The van der Waals surface area contributed by atoms with Crippen LogP contribution >= 0.6 is 11.6 Å². The molecule has 1 aliphatic heterocycles. The second kappa shape index (κ2) is 11.5. The van der Waals surface area contributed by atoms with Crippen molar-refractivity contribution < 1.29 is 4.79 Å². The largest absolute Gasteiger partial charge is 0.344 e. The first-order valence-electron chi connectivity index (χ1n) is 10.7. The van der Waals surface area contributed by atoms with Crippen LogP contribution < -0.4 is 11.1 Å². The van der Waals surface area contributed by atoms with E-state index in [0.717, 1.165) is 49.6 Å². The molecule has 6 heteroatoms. The van der Waals surface area contributed by atoms with E-state index in [-0.39, 0.29) is 5.91 Å². The standard InChI is InChI=1S/C24H33ClN4O/c1-28(24(30)23(26)16-27-15-21-9-5-6-10-22(21)25)17-20-11-13-29(14-12-20)18-19-7-3-2-4-8-19/h2-10,20,23,27H,11-18,26H2,1H3. The third-order valence-electron chi connectivity index (χ3n) is 5.82. The molecule has 1 fully saturated rings. The fourth-order valence-corrected chi connectivity index (χ4v) is 4.22. The van der Waals surface area contributed by atoms with Crippen molar-refractivity contribution in [2.75, 3.05) is 33.2 Å². The number of nitrogens with two attached hydrogens (primary N) is 1. The first-order chi connectivity index (χ1) is 14.5. The van der Waals surface area contributed by atoms with Gasteiger partial charge in [0.1, 0.15) is 0 Å². The molecule has 1 amide bonds. The van der Waals surface area contributed by atoms with Crippen LogP contribution in [0.25, 0.3) is 0 Å². The molecule has 2 aromatic carbocycles. The van der Waals surface area contributed by atoms with Crippen LogP contribution in [0.3, 0.4) is 0 Å². The minimum absolute atomic E-state index is 0.00614. The van der Waals surface area contributed by atoms with Crippen molar-refractivity contribution in [1.82, 2.24) is 15.1 Å². The van der Waals surface area contributed by atoms with E-state index < -0.39 is 6.04 Å². The van der Waals surface area contributed by atoms with E-state index in [1.807, 2.05) is 31.3 Å². The Bertz CT molecular complexity index is 793. The van der Waals surface area contributed by atoms with Crippen LogP contribution in [0.4, 0.5) is 0 Å². The van der Waals surface area contributed by atoms with E-state index in [2.05, 4.69) is 40.5 Å². The number of likely N-dealkylation sites (tertiary alicyclic amines) is 1. The second-order valence-corrected chi connectivity index (χ2v) is 8.66. The molecule has 1 atom stereocenters. The van der Waals surface area contributed by atoms with Crippen LogP contribution in [-0.4, -0.2) is 55.0 Å².